The third-order valence-corrected chi connectivity index (χ3v) is 11.6. The molecule has 3 nitrogen and oxygen atoms in total. The monoisotopic (exact) mass is 449 g/mol. The predicted molar refractivity (Wildman–Crippen MR) is 137 cm³/mol. The Morgan fingerprint density at radius 2 is 1.59 bits per heavy atom. The first-order valence-electron chi connectivity index (χ1n) is 11.9. The molecule has 4 heteroatoms. The minimum Gasteiger partial charge on any atom is -0.406 e. The van der Waals surface area contributed by atoms with Gasteiger partial charge in [0.25, 0.3) is 8.32 Å². The summed E-state index contributed by atoms with van der Waals surface area (Å²) in [6.07, 6.45) is 2.62. The van der Waals surface area contributed by atoms with E-state index in [0.717, 1.165) is 19.4 Å². The molecule has 1 aliphatic rings. The standard InChI is InChI=1S/C28H39NO2Si/c1-23(14-12-20-28(5,30)26-19-13-21-29-26)22-31-32(27(2,3)4,24-15-8-6-9-16-24)25-17-10-7-11-18-25/h6-11,15-18,23,26,29-30H,13,19-22H2,1-5H3/t23?,26-,28-/m0/s1. The predicted octanol–water partition coefficient (Wildman–Crippen LogP) is 4.10. The number of aliphatic hydroxyl groups is 1. The summed E-state index contributed by atoms with van der Waals surface area (Å²) >= 11 is 0. The molecular formula is C28H39NO2Si. The lowest BCUT2D eigenvalue weighted by Gasteiger charge is -2.43. The van der Waals surface area contributed by atoms with Crippen LogP contribution in [0.15, 0.2) is 60.7 Å². The van der Waals surface area contributed by atoms with Crippen molar-refractivity contribution >= 4 is 18.7 Å². The summed E-state index contributed by atoms with van der Waals surface area (Å²) in [6, 6.07) is 21.6. The van der Waals surface area contributed by atoms with Gasteiger partial charge in [-0.05, 0) is 48.6 Å². The van der Waals surface area contributed by atoms with Gasteiger partial charge in [-0.15, -0.1) is 0 Å². The lowest BCUT2D eigenvalue weighted by molar-refractivity contribution is 0.0308. The van der Waals surface area contributed by atoms with Crippen molar-refractivity contribution in [1.29, 1.82) is 0 Å². The van der Waals surface area contributed by atoms with Crippen molar-refractivity contribution in [2.75, 3.05) is 13.2 Å². The van der Waals surface area contributed by atoms with E-state index >= 15 is 0 Å². The van der Waals surface area contributed by atoms with Crippen molar-refractivity contribution in [2.24, 2.45) is 5.92 Å². The number of nitrogens with one attached hydrogen (secondary N) is 1. The number of benzene rings is 2. The van der Waals surface area contributed by atoms with Crippen LogP contribution in [0.1, 0.15) is 53.9 Å². The molecule has 0 bridgehead atoms. The van der Waals surface area contributed by atoms with Crippen LogP contribution in [-0.2, 0) is 4.43 Å². The van der Waals surface area contributed by atoms with E-state index in [-0.39, 0.29) is 17.0 Å². The van der Waals surface area contributed by atoms with Crippen LogP contribution >= 0.6 is 0 Å². The van der Waals surface area contributed by atoms with Crippen LogP contribution in [0, 0.1) is 17.8 Å². The van der Waals surface area contributed by atoms with E-state index in [1.807, 2.05) is 6.92 Å². The summed E-state index contributed by atoms with van der Waals surface area (Å²) in [5.74, 6) is 6.69. The molecule has 1 fully saturated rings. The van der Waals surface area contributed by atoms with Crippen LogP contribution < -0.4 is 15.7 Å². The smallest absolute Gasteiger partial charge is 0.261 e. The first-order chi connectivity index (χ1) is 15.2. The van der Waals surface area contributed by atoms with Crippen molar-refractivity contribution in [3.8, 4) is 11.8 Å². The Morgan fingerprint density at radius 1 is 1.03 bits per heavy atom. The molecule has 0 saturated carbocycles. The van der Waals surface area contributed by atoms with Gasteiger partial charge in [-0.3, -0.25) is 0 Å². The molecule has 0 spiro atoms. The topological polar surface area (TPSA) is 41.5 Å². The largest absolute Gasteiger partial charge is 0.406 e. The Labute approximate surface area is 195 Å². The first kappa shape index (κ1) is 24.7. The molecule has 3 rings (SSSR count). The molecule has 0 aromatic heterocycles. The maximum atomic E-state index is 10.8. The Balaban J connectivity index is 1.81. The Kier molecular flexibility index (Phi) is 8.00. The van der Waals surface area contributed by atoms with Crippen LogP contribution in [0.4, 0.5) is 0 Å². The summed E-state index contributed by atoms with van der Waals surface area (Å²) in [4.78, 5) is 0. The van der Waals surface area contributed by atoms with Crippen molar-refractivity contribution in [3.05, 3.63) is 60.7 Å². The average molecular weight is 450 g/mol. The second-order valence-corrected chi connectivity index (χ2v) is 14.7. The molecule has 1 heterocycles. The maximum Gasteiger partial charge on any atom is 0.261 e. The van der Waals surface area contributed by atoms with E-state index in [4.69, 9.17) is 4.43 Å². The minimum absolute atomic E-state index is 0.0410. The van der Waals surface area contributed by atoms with Crippen LogP contribution in [0.5, 0.6) is 0 Å². The Morgan fingerprint density at radius 3 is 2.06 bits per heavy atom. The van der Waals surface area contributed by atoms with Gasteiger partial charge in [-0.1, -0.05) is 93.3 Å². The highest BCUT2D eigenvalue weighted by atomic mass is 28.4. The van der Waals surface area contributed by atoms with E-state index in [9.17, 15) is 5.11 Å². The average Bonchev–Trinajstić information content (AvgIpc) is 3.31. The van der Waals surface area contributed by atoms with Gasteiger partial charge >= 0.3 is 0 Å². The number of rotatable bonds is 7. The molecule has 2 N–H and O–H groups in total. The zero-order chi connectivity index (χ0) is 23.2. The quantitative estimate of drug-likeness (QED) is 0.494. The fourth-order valence-electron chi connectivity index (χ4n) is 4.80. The third-order valence-electron chi connectivity index (χ3n) is 6.57. The summed E-state index contributed by atoms with van der Waals surface area (Å²) in [7, 11) is -2.54. The molecule has 1 aliphatic heterocycles. The highest BCUT2D eigenvalue weighted by Gasteiger charge is 2.50. The number of hydrogen-bond donors (Lipinski definition) is 2. The van der Waals surface area contributed by atoms with Crippen molar-refractivity contribution in [3.63, 3.8) is 0 Å². The minimum atomic E-state index is -2.54. The molecule has 2 aromatic rings. The van der Waals surface area contributed by atoms with Crippen LogP contribution in [0.3, 0.4) is 0 Å². The second kappa shape index (κ2) is 10.4. The van der Waals surface area contributed by atoms with Crippen LogP contribution in [0.2, 0.25) is 5.04 Å². The van der Waals surface area contributed by atoms with Gasteiger partial charge in [0.15, 0.2) is 0 Å². The lowest BCUT2D eigenvalue weighted by atomic mass is 9.91. The van der Waals surface area contributed by atoms with E-state index in [1.165, 1.54) is 10.4 Å². The van der Waals surface area contributed by atoms with Gasteiger partial charge < -0.3 is 14.8 Å². The van der Waals surface area contributed by atoms with Crippen LogP contribution in [0.25, 0.3) is 0 Å². The van der Waals surface area contributed by atoms with Gasteiger partial charge in [0.05, 0.1) is 5.60 Å². The summed E-state index contributed by atoms with van der Waals surface area (Å²) in [5, 5.41) is 16.7. The molecule has 2 aromatic carbocycles. The zero-order valence-electron chi connectivity index (χ0n) is 20.3. The fourth-order valence-corrected chi connectivity index (χ4v) is 9.45. The normalized spacial score (nSPS) is 19.6. The summed E-state index contributed by atoms with van der Waals surface area (Å²) < 4.78 is 6.97. The molecule has 172 valence electrons. The lowest BCUT2D eigenvalue weighted by Crippen LogP contribution is -2.66. The van der Waals surface area contributed by atoms with E-state index in [1.54, 1.807) is 0 Å². The second-order valence-electron chi connectivity index (χ2n) is 10.4. The van der Waals surface area contributed by atoms with Gasteiger partial charge in [0, 0.05) is 25.0 Å². The zero-order valence-corrected chi connectivity index (χ0v) is 21.3. The van der Waals surface area contributed by atoms with Crippen LogP contribution in [-0.4, -0.2) is 38.2 Å². The van der Waals surface area contributed by atoms with Gasteiger partial charge in [0.2, 0.25) is 0 Å². The molecule has 1 saturated heterocycles. The third kappa shape index (κ3) is 5.53. The van der Waals surface area contributed by atoms with E-state index in [0.29, 0.717) is 13.0 Å². The van der Waals surface area contributed by atoms with E-state index < -0.39 is 13.9 Å². The van der Waals surface area contributed by atoms with Crippen molar-refractivity contribution in [1.82, 2.24) is 5.32 Å². The van der Waals surface area contributed by atoms with Gasteiger partial charge in [0.1, 0.15) is 0 Å². The fraction of sp³-hybridized carbons (Fsp3) is 0.500. The molecule has 32 heavy (non-hydrogen) atoms. The molecular weight excluding hydrogens is 410 g/mol. The van der Waals surface area contributed by atoms with E-state index in [2.05, 4.69) is 106 Å². The highest BCUT2D eigenvalue weighted by Crippen LogP contribution is 2.37. The molecule has 0 radical (unpaired) electrons. The summed E-state index contributed by atoms with van der Waals surface area (Å²) in [6.45, 7) is 12.5. The Hall–Kier alpha value is -1.90. The highest BCUT2D eigenvalue weighted by molar-refractivity contribution is 6.99. The number of hydrogen-bond acceptors (Lipinski definition) is 3. The first-order valence-corrected chi connectivity index (χ1v) is 13.8. The van der Waals surface area contributed by atoms with Crippen molar-refractivity contribution in [2.45, 2.75) is 70.6 Å². The Bertz CT molecular complexity index is 864. The maximum absolute atomic E-state index is 10.8. The molecule has 0 amide bonds. The van der Waals surface area contributed by atoms with Gasteiger partial charge in [-0.2, -0.15) is 0 Å². The molecule has 1 unspecified atom stereocenters. The van der Waals surface area contributed by atoms with Gasteiger partial charge in [-0.25, -0.2) is 0 Å². The van der Waals surface area contributed by atoms with Crippen molar-refractivity contribution < 1.29 is 9.53 Å². The molecule has 0 aliphatic carbocycles. The molecule has 3 atom stereocenters. The SMILES string of the molecule is CC(C#CC[C@](C)(O)[C@@H]1CCCN1)CO[Si](c1ccccc1)(c1ccccc1)C(C)(C)C. The summed E-state index contributed by atoms with van der Waals surface area (Å²) in [5.41, 5.74) is -0.790.